The zero-order valence-corrected chi connectivity index (χ0v) is 12.8. The molecular weight excluding hydrogens is 250 g/mol. The minimum Gasteiger partial charge on any atom is -0.342 e. The first-order valence-corrected chi connectivity index (χ1v) is 8.48. The van der Waals surface area contributed by atoms with Crippen LogP contribution < -0.4 is 5.32 Å². The molecule has 0 spiro atoms. The van der Waals surface area contributed by atoms with Crippen LogP contribution in [0.15, 0.2) is 0 Å². The van der Waals surface area contributed by atoms with Crippen molar-refractivity contribution in [1.82, 2.24) is 15.1 Å². The van der Waals surface area contributed by atoms with Crippen LogP contribution in [0.5, 0.6) is 0 Å². The highest BCUT2D eigenvalue weighted by atomic mass is 16.2. The summed E-state index contributed by atoms with van der Waals surface area (Å²) in [4.78, 5) is 17.2. The summed E-state index contributed by atoms with van der Waals surface area (Å²) < 4.78 is 0. The lowest BCUT2D eigenvalue weighted by molar-refractivity contribution is -0.136. The molecule has 2 atom stereocenters. The molecule has 4 heteroatoms. The van der Waals surface area contributed by atoms with Gasteiger partial charge in [-0.2, -0.15) is 0 Å². The molecule has 3 saturated heterocycles. The Morgan fingerprint density at radius 1 is 1.05 bits per heavy atom. The zero-order valence-electron chi connectivity index (χ0n) is 12.8. The molecule has 0 saturated carbocycles. The molecule has 1 N–H and O–H groups in total. The van der Waals surface area contributed by atoms with Gasteiger partial charge in [-0.3, -0.25) is 9.69 Å². The Morgan fingerprint density at radius 2 is 1.70 bits per heavy atom. The van der Waals surface area contributed by atoms with Crippen molar-refractivity contribution in [2.45, 2.75) is 69.5 Å². The van der Waals surface area contributed by atoms with Gasteiger partial charge < -0.3 is 10.2 Å². The van der Waals surface area contributed by atoms with Gasteiger partial charge in [0.2, 0.25) is 5.91 Å². The summed E-state index contributed by atoms with van der Waals surface area (Å²) >= 11 is 0. The summed E-state index contributed by atoms with van der Waals surface area (Å²) in [5, 5.41) is 3.45. The van der Waals surface area contributed by atoms with Gasteiger partial charge in [-0.05, 0) is 52.0 Å². The Bertz CT molecular complexity index is 327. The van der Waals surface area contributed by atoms with E-state index in [0.29, 0.717) is 30.6 Å². The Balaban J connectivity index is 1.60. The molecule has 114 valence electrons. The van der Waals surface area contributed by atoms with Gasteiger partial charge in [0, 0.05) is 31.2 Å². The van der Waals surface area contributed by atoms with E-state index in [4.69, 9.17) is 0 Å². The number of nitrogens with zero attached hydrogens (tertiary/aromatic N) is 2. The van der Waals surface area contributed by atoms with Crippen molar-refractivity contribution in [2.24, 2.45) is 0 Å². The van der Waals surface area contributed by atoms with E-state index in [9.17, 15) is 4.79 Å². The second kappa shape index (κ2) is 6.44. The summed E-state index contributed by atoms with van der Waals surface area (Å²) in [6.07, 6.45) is 10.0. The lowest BCUT2D eigenvalue weighted by Gasteiger charge is -2.49. The van der Waals surface area contributed by atoms with Crippen LogP contribution in [-0.4, -0.2) is 60.5 Å². The number of hydrogen-bond donors (Lipinski definition) is 1. The Hall–Kier alpha value is -0.610. The normalized spacial score (nSPS) is 35.0. The second-order valence-electron chi connectivity index (χ2n) is 6.81. The van der Waals surface area contributed by atoms with Crippen LogP contribution in [0.25, 0.3) is 0 Å². The number of amides is 1. The van der Waals surface area contributed by atoms with Crippen molar-refractivity contribution in [1.29, 1.82) is 0 Å². The Kier molecular flexibility index (Phi) is 4.61. The maximum absolute atomic E-state index is 12.5. The second-order valence-corrected chi connectivity index (χ2v) is 6.81. The van der Waals surface area contributed by atoms with Crippen molar-refractivity contribution in [2.75, 3.05) is 26.7 Å². The highest BCUT2D eigenvalue weighted by Gasteiger charge is 2.39. The van der Waals surface area contributed by atoms with Gasteiger partial charge in [-0.1, -0.05) is 6.42 Å². The van der Waals surface area contributed by atoms with E-state index in [1.165, 1.54) is 51.4 Å². The monoisotopic (exact) mass is 279 g/mol. The number of carbonyl (C=O) groups is 1. The molecule has 1 amide bonds. The molecule has 0 aliphatic carbocycles. The van der Waals surface area contributed by atoms with Crippen molar-refractivity contribution in [3.8, 4) is 0 Å². The van der Waals surface area contributed by atoms with Gasteiger partial charge in [-0.15, -0.1) is 0 Å². The largest absolute Gasteiger partial charge is 0.342 e. The van der Waals surface area contributed by atoms with Gasteiger partial charge in [0.05, 0.1) is 6.54 Å². The summed E-state index contributed by atoms with van der Waals surface area (Å²) in [6, 6.07) is 1.93. The molecule has 0 aromatic carbocycles. The fraction of sp³-hybridized carbons (Fsp3) is 0.938. The average Bonchev–Trinajstić information content (AvgIpc) is 2.47. The van der Waals surface area contributed by atoms with Gasteiger partial charge in [0.1, 0.15) is 0 Å². The molecule has 3 fully saturated rings. The predicted molar refractivity (Wildman–Crippen MR) is 80.6 cm³/mol. The third kappa shape index (κ3) is 3.01. The van der Waals surface area contributed by atoms with Gasteiger partial charge in [0.25, 0.3) is 0 Å². The summed E-state index contributed by atoms with van der Waals surface area (Å²) in [5.41, 5.74) is 0. The van der Waals surface area contributed by atoms with E-state index in [2.05, 4.69) is 22.2 Å². The molecular formula is C16H29N3O. The third-order valence-electron chi connectivity index (χ3n) is 5.56. The quantitative estimate of drug-likeness (QED) is 0.852. The summed E-state index contributed by atoms with van der Waals surface area (Å²) in [6.45, 7) is 2.65. The molecule has 2 bridgehead atoms. The fourth-order valence-electron chi connectivity index (χ4n) is 4.37. The van der Waals surface area contributed by atoms with E-state index < -0.39 is 0 Å². The number of rotatable bonds is 3. The molecule has 0 aromatic heterocycles. The van der Waals surface area contributed by atoms with Gasteiger partial charge in [0.15, 0.2) is 0 Å². The van der Waals surface area contributed by atoms with E-state index in [1.54, 1.807) is 0 Å². The minimum atomic E-state index is 0.379. The highest BCUT2D eigenvalue weighted by molar-refractivity contribution is 5.78. The maximum Gasteiger partial charge on any atom is 0.236 e. The highest BCUT2D eigenvalue weighted by Crippen LogP contribution is 2.33. The standard InChI is InChI=1S/C16H29N3O/c1-17-13-10-14-6-5-7-15(11-13)19(14)12-16(20)18-8-3-2-4-9-18/h13-15,17H,2-12H2,1H3. The van der Waals surface area contributed by atoms with Gasteiger partial charge >= 0.3 is 0 Å². The number of hydrogen-bond acceptors (Lipinski definition) is 3. The van der Waals surface area contributed by atoms with E-state index in [1.807, 2.05) is 0 Å². The molecule has 0 radical (unpaired) electrons. The van der Waals surface area contributed by atoms with Crippen LogP contribution in [0, 0.1) is 0 Å². The third-order valence-corrected chi connectivity index (χ3v) is 5.56. The molecule has 4 nitrogen and oxygen atoms in total. The predicted octanol–water partition coefficient (Wildman–Crippen LogP) is 1.60. The van der Waals surface area contributed by atoms with Crippen LogP contribution in [0.4, 0.5) is 0 Å². The molecule has 20 heavy (non-hydrogen) atoms. The summed E-state index contributed by atoms with van der Waals surface area (Å²) in [7, 11) is 2.08. The number of carbonyl (C=O) groups excluding carboxylic acids is 1. The Labute approximate surface area is 122 Å². The molecule has 3 aliphatic rings. The number of nitrogens with one attached hydrogen (secondary N) is 1. The minimum absolute atomic E-state index is 0.379. The van der Waals surface area contributed by atoms with Crippen LogP contribution in [-0.2, 0) is 4.79 Å². The smallest absolute Gasteiger partial charge is 0.236 e. The Morgan fingerprint density at radius 3 is 2.30 bits per heavy atom. The van der Waals surface area contributed by atoms with Crippen molar-refractivity contribution >= 4 is 5.91 Å². The lowest BCUT2D eigenvalue weighted by Crippen LogP contribution is -2.58. The number of fused-ring (bicyclic) bond motifs is 2. The topological polar surface area (TPSA) is 35.6 Å². The molecule has 3 rings (SSSR count). The van der Waals surface area contributed by atoms with E-state index in [-0.39, 0.29) is 0 Å². The number of piperidine rings is 3. The first-order valence-electron chi connectivity index (χ1n) is 8.48. The fourth-order valence-corrected chi connectivity index (χ4v) is 4.37. The SMILES string of the molecule is CNC1CC2CCCC(C1)N2CC(=O)N1CCCCC1. The van der Waals surface area contributed by atoms with Gasteiger partial charge in [-0.25, -0.2) is 0 Å². The maximum atomic E-state index is 12.5. The molecule has 3 heterocycles. The summed E-state index contributed by atoms with van der Waals surface area (Å²) in [5.74, 6) is 0.379. The van der Waals surface area contributed by atoms with Crippen molar-refractivity contribution in [3.63, 3.8) is 0 Å². The van der Waals surface area contributed by atoms with E-state index >= 15 is 0 Å². The van der Waals surface area contributed by atoms with E-state index in [0.717, 1.165) is 13.1 Å². The first kappa shape index (κ1) is 14.3. The first-order chi connectivity index (χ1) is 9.78. The van der Waals surface area contributed by atoms with Crippen LogP contribution in [0.2, 0.25) is 0 Å². The van der Waals surface area contributed by atoms with Crippen molar-refractivity contribution in [3.05, 3.63) is 0 Å². The lowest BCUT2D eigenvalue weighted by atomic mass is 9.82. The molecule has 3 aliphatic heterocycles. The van der Waals surface area contributed by atoms with Crippen molar-refractivity contribution < 1.29 is 4.79 Å². The van der Waals surface area contributed by atoms with Crippen LogP contribution >= 0.6 is 0 Å². The number of likely N-dealkylation sites (tertiary alicyclic amines) is 1. The average molecular weight is 279 g/mol. The zero-order chi connectivity index (χ0) is 13.9. The molecule has 0 aromatic rings. The molecule has 2 unspecified atom stereocenters. The van der Waals surface area contributed by atoms with Crippen LogP contribution in [0.1, 0.15) is 51.4 Å². The van der Waals surface area contributed by atoms with Crippen LogP contribution in [0.3, 0.4) is 0 Å².